The fraction of sp³-hybridized carbons (Fsp3) is 0.333. The van der Waals surface area contributed by atoms with E-state index in [4.69, 9.17) is 4.74 Å². The second-order valence-corrected chi connectivity index (χ2v) is 5.99. The normalized spacial score (nSPS) is 18.6. The van der Waals surface area contributed by atoms with Crippen molar-refractivity contribution >= 4 is 15.9 Å². The van der Waals surface area contributed by atoms with Gasteiger partial charge in [0.2, 0.25) is 5.88 Å². The Morgan fingerprint density at radius 2 is 2.10 bits per heavy atom. The highest BCUT2D eigenvalue weighted by Gasteiger charge is 2.21. The molecule has 6 heteroatoms. The van der Waals surface area contributed by atoms with Crippen molar-refractivity contribution in [1.82, 2.24) is 9.97 Å². The molecule has 1 atom stereocenters. The van der Waals surface area contributed by atoms with Crippen LogP contribution >= 0.6 is 15.9 Å². The third-order valence-electron chi connectivity index (χ3n) is 3.60. The van der Waals surface area contributed by atoms with Crippen LogP contribution < -0.4 is 5.56 Å². The van der Waals surface area contributed by atoms with Crippen LogP contribution in [0.25, 0.3) is 11.1 Å². The van der Waals surface area contributed by atoms with Crippen LogP contribution in [0.4, 0.5) is 0 Å². The minimum atomic E-state index is -0.328. The number of nitrogens with one attached hydrogen (secondary N) is 1. The maximum Gasteiger partial charge on any atom is 0.262 e. The molecule has 2 heterocycles. The maximum absolute atomic E-state index is 12.3. The highest BCUT2D eigenvalue weighted by atomic mass is 79.9. The van der Waals surface area contributed by atoms with Crippen LogP contribution in [0.3, 0.4) is 0 Å². The van der Waals surface area contributed by atoms with Gasteiger partial charge in [0.25, 0.3) is 5.56 Å². The summed E-state index contributed by atoms with van der Waals surface area (Å²) >= 11 is 3.34. The number of nitrogens with zero attached hydrogens (tertiary/aromatic N) is 1. The van der Waals surface area contributed by atoms with Crippen molar-refractivity contribution < 1.29 is 9.84 Å². The molecule has 0 amide bonds. The largest absolute Gasteiger partial charge is 0.493 e. The Morgan fingerprint density at radius 3 is 2.71 bits per heavy atom. The van der Waals surface area contributed by atoms with Gasteiger partial charge >= 0.3 is 0 Å². The molecule has 5 nitrogen and oxygen atoms in total. The molecule has 2 N–H and O–H groups in total. The Bertz CT molecular complexity index is 691. The summed E-state index contributed by atoms with van der Waals surface area (Å²) in [5, 5.41) is 10.1. The summed E-state index contributed by atoms with van der Waals surface area (Å²) < 4.78 is 6.30. The monoisotopic (exact) mass is 350 g/mol. The Hall–Kier alpha value is -1.66. The highest BCUT2D eigenvalue weighted by Crippen LogP contribution is 2.28. The van der Waals surface area contributed by atoms with E-state index in [-0.39, 0.29) is 22.9 Å². The molecular weight excluding hydrogens is 336 g/mol. The summed E-state index contributed by atoms with van der Waals surface area (Å²) in [6, 6.07) is 7.16. The smallest absolute Gasteiger partial charge is 0.262 e. The third kappa shape index (κ3) is 3.01. The molecular formula is C15H15BrN2O3. The first-order valence-corrected chi connectivity index (χ1v) is 7.61. The van der Waals surface area contributed by atoms with Gasteiger partial charge in [-0.1, -0.05) is 28.1 Å². The minimum Gasteiger partial charge on any atom is -0.493 e. The van der Waals surface area contributed by atoms with Crippen molar-refractivity contribution in [1.29, 1.82) is 0 Å². The Kier molecular flexibility index (Phi) is 4.07. The van der Waals surface area contributed by atoms with Crippen LogP contribution in [-0.4, -0.2) is 28.3 Å². The molecule has 1 aromatic heterocycles. The van der Waals surface area contributed by atoms with Gasteiger partial charge in [-0.25, -0.2) is 0 Å². The minimum absolute atomic E-state index is 0.0383. The molecule has 1 unspecified atom stereocenters. The summed E-state index contributed by atoms with van der Waals surface area (Å²) in [6.45, 7) is 1.27. The van der Waals surface area contributed by atoms with E-state index in [0.717, 1.165) is 23.9 Å². The third-order valence-corrected chi connectivity index (χ3v) is 4.13. The van der Waals surface area contributed by atoms with E-state index in [1.54, 1.807) is 12.1 Å². The number of H-pyrrole nitrogens is 1. The second-order valence-electron chi connectivity index (χ2n) is 5.07. The molecule has 1 aliphatic rings. The molecule has 110 valence electrons. The number of benzene rings is 1. The first-order chi connectivity index (χ1) is 10.1. The lowest BCUT2D eigenvalue weighted by Crippen LogP contribution is -2.22. The van der Waals surface area contributed by atoms with Crippen molar-refractivity contribution in [2.75, 3.05) is 13.2 Å². The number of rotatable bonds is 2. The van der Waals surface area contributed by atoms with Crippen LogP contribution in [-0.2, 0) is 4.74 Å². The molecule has 1 fully saturated rings. The van der Waals surface area contributed by atoms with E-state index >= 15 is 0 Å². The summed E-state index contributed by atoms with van der Waals surface area (Å²) in [7, 11) is 0. The van der Waals surface area contributed by atoms with Gasteiger partial charge in [0, 0.05) is 17.0 Å². The number of ether oxygens (including phenoxy) is 1. The molecule has 1 aliphatic heterocycles. The number of hydrogen-bond donors (Lipinski definition) is 2. The molecule has 2 aromatic rings. The van der Waals surface area contributed by atoms with Crippen molar-refractivity contribution in [3.05, 3.63) is 44.9 Å². The zero-order valence-corrected chi connectivity index (χ0v) is 12.9. The molecule has 0 saturated carbocycles. The zero-order valence-electron chi connectivity index (χ0n) is 11.3. The van der Waals surface area contributed by atoms with Crippen molar-refractivity contribution in [3.8, 4) is 17.0 Å². The lowest BCUT2D eigenvalue weighted by atomic mass is 10.0. The van der Waals surface area contributed by atoms with Crippen molar-refractivity contribution in [3.63, 3.8) is 0 Å². The fourth-order valence-electron chi connectivity index (χ4n) is 2.50. The molecule has 1 saturated heterocycles. The standard InChI is InChI=1S/C15H15BrN2O3/c16-11-5-3-9(4-6-11)12-14(19)17-13(18-15(12)20)10-2-1-7-21-8-10/h3-6,10H,1-2,7-8H2,(H2,17,18,19,20). The number of hydrogen-bond acceptors (Lipinski definition) is 4. The number of aromatic amines is 1. The number of halogens is 1. The van der Waals surface area contributed by atoms with Gasteiger partial charge in [-0.15, -0.1) is 0 Å². The average molecular weight is 351 g/mol. The maximum atomic E-state index is 12.3. The van der Waals surface area contributed by atoms with E-state index < -0.39 is 0 Å². The fourth-order valence-corrected chi connectivity index (χ4v) is 2.77. The van der Waals surface area contributed by atoms with Gasteiger partial charge in [0.1, 0.15) is 11.4 Å². The molecule has 3 rings (SSSR count). The van der Waals surface area contributed by atoms with Crippen LogP contribution in [0.15, 0.2) is 33.5 Å². The van der Waals surface area contributed by atoms with E-state index in [2.05, 4.69) is 25.9 Å². The second kappa shape index (κ2) is 5.99. The molecule has 0 radical (unpaired) electrons. The van der Waals surface area contributed by atoms with E-state index in [0.29, 0.717) is 18.0 Å². The Labute approximate surface area is 130 Å². The predicted molar refractivity (Wildman–Crippen MR) is 82.5 cm³/mol. The average Bonchev–Trinajstić information content (AvgIpc) is 2.49. The predicted octanol–water partition coefficient (Wildman–Crippen LogP) is 2.80. The first-order valence-electron chi connectivity index (χ1n) is 6.82. The summed E-state index contributed by atoms with van der Waals surface area (Å²) in [5.74, 6) is 0.302. The first kappa shape index (κ1) is 14.3. The molecule has 21 heavy (non-hydrogen) atoms. The Morgan fingerprint density at radius 1 is 1.33 bits per heavy atom. The van der Waals surface area contributed by atoms with E-state index in [1.807, 2.05) is 12.1 Å². The van der Waals surface area contributed by atoms with E-state index in [1.165, 1.54) is 0 Å². The summed E-state index contributed by atoms with van der Waals surface area (Å²) in [5.41, 5.74) is 0.504. The highest BCUT2D eigenvalue weighted by molar-refractivity contribution is 9.10. The van der Waals surface area contributed by atoms with Gasteiger partial charge in [-0.2, -0.15) is 4.98 Å². The van der Waals surface area contributed by atoms with Crippen molar-refractivity contribution in [2.24, 2.45) is 0 Å². The number of aromatic hydroxyl groups is 1. The van der Waals surface area contributed by atoms with E-state index in [9.17, 15) is 9.90 Å². The lowest BCUT2D eigenvalue weighted by Gasteiger charge is -2.21. The quantitative estimate of drug-likeness (QED) is 0.873. The summed E-state index contributed by atoms with van der Waals surface area (Å²) in [6.07, 6.45) is 1.84. The molecule has 1 aromatic carbocycles. The Balaban J connectivity index is 2.00. The van der Waals surface area contributed by atoms with Gasteiger partial charge < -0.3 is 14.8 Å². The zero-order chi connectivity index (χ0) is 14.8. The topological polar surface area (TPSA) is 75.2 Å². The van der Waals surface area contributed by atoms with Crippen LogP contribution in [0.5, 0.6) is 5.88 Å². The summed E-state index contributed by atoms with van der Waals surface area (Å²) in [4.78, 5) is 19.2. The van der Waals surface area contributed by atoms with Crippen molar-refractivity contribution in [2.45, 2.75) is 18.8 Å². The van der Waals surface area contributed by atoms with Crippen LogP contribution in [0.1, 0.15) is 24.6 Å². The number of aromatic nitrogens is 2. The molecule has 0 bridgehead atoms. The van der Waals surface area contributed by atoms with Gasteiger partial charge in [0.05, 0.1) is 6.61 Å². The van der Waals surface area contributed by atoms with Gasteiger partial charge in [0.15, 0.2) is 0 Å². The van der Waals surface area contributed by atoms with Gasteiger partial charge in [-0.3, -0.25) is 4.79 Å². The van der Waals surface area contributed by atoms with Crippen LogP contribution in [0.2, 0.25) is 0 Å². The SMILES string of the molecule is O=c1[nH]c(C2CCCOC2)nc(O)c1-c1ccc(Br)cc1. The van der Waals surface area contributed by atoms with Gasteiger partial charge in [-0.05, 0) is 30.5 Å². The lowest BCUT2D eigenvalue weighted by molar-refractivity contribution is 0.0778. The molecule has 0 spiro atoms. The molecule has 0 aliphatic carbocycles. The van der Waals surface area contributed by atoms with Crippen LogP contribution in [0, 0.1) is 0 Å².